The lowest BCUT2D eigenvalue weighted by Crippen LogP contribution is -2.29. The SMILES string of the molecule is CCCc1nc2c([nH]1)c(=O)[nH]c(=O)n2C1CC1. The highest BCUT2D eigenvalue weighted by atomic mass is 16.2. The van der Waals surface area contributed by atoms with Crippen molar-refractivity contribution in [3.05, 3.63) is 26.7 Å². The number of rotatable bonds is 3. The van der Waals surface area contributed by atoms with Crippen molar-refractivity contribution in [3.8, 4) is 0 Å². The summed E-state index contributed by atoms with van der Waals surface area (Å²) in [4.78, 5) is 33.1. The number of hydrogen-bond donors (Lipinski definition) is 2. The maximum absolute atomic E-state index is 11.8. The summed E-state index contributed by atoms with van der Waals surface area (Å²) in [6, 6.07) is 0.208. The van der Waals surface area contributed by atoms with Gasteiger partial charge in [-0.1, -0.05) is 6.92 Å². The Labute approximate surface area is 96.7 Å². The zero-order valence-electron chi connectivity index (χ0n) is 9.62. The molecular weight excluding hydrogens is 220 g/mol. The van der Waals surface area contributed by atoms with E-state index in [0.717, 1.165) is 31.5 Å². The van der Waals surface area contributed by atoms with Crippen molar-refractivity contribution in [1.82, 2.24) is 19.5 Å². The zero-order valence-corrected chi connectivity index (χ0v) is 9.62. The molecule has 0 amide bonds. The van der Waals surface area contributed by atoms with Crippen LogP contribution in [0.1, 0.15) is 38.1 Å². The van der Waals surface area contributed by atoms with E-state index >= 15 is 0 Å². The summed E-state index contributed by atoms with van der Waals surface area (Å²) in [5.74, 6) is 0.771. The standard InChI is InChI=1S/C11H14N4O2/c1-2-3-7-12-8-9(13-7)15(6-4-5-6)11(17)14-10(8)16/h6H,2-5H2,1H3,(H,12,13)(H,14,16,17). The van der Waals surface area contributed by atoms with Crippen LogP contribution in [-0.4, -0.2) is 19.5 Å². The van der Waals surface area contributed by atoms with Gasteiger partial charge in [0.05, 0.1) is 0 Å². The van der Waals surface area contributed by atoms with Gasteiger partial charge in [0.15, 0.2) is 5.65 Å². The first-order valence-electron chi connectivity index (χ1n) is 5.94. The number of aryl methyl sites for hydroxylation is 1. The summed E-state index contributed by atoms with van der Waals surface area (Å²) < 4.78 is 1.60. The smallest absolute Gasteiger partial charge is 0.330 e. The molecule has 90 valence electrons. The lowest BCUT2D eigenvalue weighted by molar-refractivity contribution is 0.700. The van der Waals surface area contributed by atoms with Crippen LogP contribution in [0.2, 0.25) is 0 Å². The summed E-state index contributed by atoms with van der Waals surface area (Å²) in [5.41, 5.74) is 0.195. The first kappa shape index (κ1) is 10.3. The van der Waals surface area contributed by atoms with Gasteiger partial charge in [-0.15, -0.1) is 0 Å². The van der Waals surface area contributed by atoms with E-state index in [9.17, 15) is 9.59 Å². The lowest BCUT2D eigenvalue weighted by atomic mass is 10.3. The third-order valence-corrected chi connectivity index (χ3v) is 3.03. The van der Waals surface area contributed by atoms with Gasteiger partial charge in [-0.2, -0.15) is 0 Å². The van der Waals surface area contributed by atoms with Gasteiger partial charge >= 0.3 is 5.69 Å². The van der Waals surface area contributed by atoms with Crippen molar-refractivity contribution < 1.29 is 0 Å². The molecule has 0 aromatic carbocycles. The molecular formula is C11H14N4O2. The van der Waals surface area contributed by atoms with Crippen molar-refractivity contribution in [3.63, 3.8) is 0 Å². The number of hydrogen-bond acceptors (Lipinski definition) is 3. The fraction of sp³-hybridized carbons (Fsp3) is 0.545. The normalized spacial score (nSPS) is 15.6. The van der Waals surface area contributed by atoms with Crippen LogP contribution in [0.25, 0.3) is 11.2 Å². The minimum absolute atomic E-state index is 0.208. The van der Waals surface area contributed by atoms with E-state index < -0.39 is 0 Å². The summed E-state index contributed by atoms with van der Waals surface area (Å²) in [7, 11) is 0. The number of imidazole rings is 1. The zero-order chi connectivity index (χ0) is 12.0. The number of nitrogens with zero attached hydrogens (tertiary/aromatic N) is 2. The number of fused-ring (bicyclic) bond motifs is 1. The van der Waals surface area contributed by atoms with Crippen molar-refractivity contribution in [1.29, 1.82) is 0 Å². The molecule has 0 saturated heterocycles. The van der Waals surface area contributed by atoms with Crippen LogP contribution in [0.15, 0.2) is 9.59 Å². The molecule has 17 heavy (non-hydrogen) atoms. The quantitative estimate of drug-likeness (QED) is 0.820. The average Bonchev–Trinajstić information content (AvgIpc) is 3.00. The third-order valence-electron chi connectivity index (χ3n) is 3.03. The maximum Gasteiger partial charge on any atom is 0.330 e. The maximum atomic E-state index is 11.8. The van der Waals surface area contributed by atoms with Gasteiger partial charge in [0, 0.05) is 12.5 Å². The fourth-order valence-corrected chi connectivity index (χ4v) is 2.09. The monoisotopic (exact) mass is 234 g/mol. The van der Waals surface area contributed by atoms with E-state index in [1.165, 1.54) is 0 Å². The fourth-order valence-electron chi connectivity index (χ4n) is 2.09. The summed E-state index contributed by atoms with van der Waals surface area (Å²) in [6.45, 7) is 2.05. The summed E-state index contributed by atoms with van der Waals surface area (Å²) in [6.07, 6.45) is 3.70. The average molecular weight is 234 g/mol. The Morgan fingerprint density at radius 2 is 2.12 bits per heavy atom. The predicted molar refractivity (Wildman–Crippen MR) is 63.2 cm³/mol. The van der Waals surface area contributed by atoms with Gasteiger partial charge in [-0.25, -0.2) is 9.78 Å². The molecule has 0 atom stereocenters. The van der Waals surface area contributed by atoms with Gasteiger partial charge in [-0.3, -0.25) is 14.3 Å². The first-order chi connectivity index (χ1) is 8.20. The minimum atomic E-state index is -0.378. The van der Waals surface area contributed by atoms with Gasteiger partial charge in [0.2, 0.25) is 0 Å². The highest BCUT2D eigenvalue weighted by Crippen LogP contribution is 2.34. The largest absolute Gasteiger partial charge is 0.336 e. The molecule has 2 N–H and O–H groups in total. The van der Waals surface area contributed by atoms with Crippen LogP contribution >= 0.6 is 0 Å². The van der Waals surface area contributed by atoms with E-state index in [0.29, 0.717) is 11.2 Å². The molecule has 2 heterocycles. The van der Waals surface area contributed by atoms with E-state index in [2.05, 4.69) is 15.0 Å². The van der Waals surface area contributed by atoms with Crippen LogP contribution in [0.5, 0.6) is 0 Å². The van der Waals surface area contributed by atoms with Crippen molar-refractivity contribution in [2.75, 3.05) is 0 Å². The Morgan fingerprint density at radius 1 is 1.35 bits per heavy atom. The second-order valence-corrected chi connectivity index (χ2v) is 4.49. The molecule has 1 aliphatic rings. The van der Waals surface area contributed by atoms with Crippen LogP contribution in [0, 0.1) is 0 Å². The minimum Gasteiger partial charge on any atom is -0.336 e. The molecule has 1 aliphatic carbocycles. The number of H-pyrrole nitrogens is 2. The third kappa shape index (κ3) is 1.60. The molecule has 6 nitrogen and oxygen atoms in total. The predicted octanol–water partition coefficient (Wildman–Crippen LogP) is 0.700. The molecule has 6 heteroatoms. The molecule has 2 aromatic heterocycles. The molecule has 0 bridgehead atoms. The van der Waals surface area contributed by atoms with E-state index in [4.69, 9.17) is 0 Å². The lowest BCUT2D eigenvalue weighted by Gasteiger charge is -2.01. The van der Waals surface area contributed by atoms with Gasteiger partial charge in [0.25, 0.3) is 5.56 Å². The molecule has 0 aliphatic heterocycles. The molecule has 2 aromatic rings. The Morgan fingerprint density at radius 3 is 2.76 bits per heavy atom. The second kappa shape index (κ2) is 3.58. The van der Waals surface area contributed by atoms with Crippen LogP contribution in [-0.2, 0) is 6.42 Å². The highest BCUT2D eigenvalue weighted by molar-refractivity contribution is 5.69. The molecule has 0 unspecified atom stereocenters. The summed E-state index contributed by atoms with van der Waals surface area (Å²) >= 11 is 0. The molecule has 1 saturated carbocycles. The van der Waals surface area contributed by atoms with Crippen molar-refractivity contribution in [2.45, 2.75) is 38.6 Å². The Hall–Kier alpha value is -1.85. The number of aromatic nitrogens is 4. The Kier molecular flexibility index (Phi) is 2.17. The molecule has 1 fully saturated rings. The summed E-state index contributed by atoms with van der Waals surface area (Å²) in [5, 5.41) is 0. The van der Waals surface area contributed by atoms with Crippen LogP contribution < -0.4 is 11.2 Å². The topological polar surface area (TPSA) is 83.5 Å². The molecule has 3 rings (SSSR count). The Bertz CT molecular complexity index is 675. The van der Waals surface area contributed by atoms with Crippen molar-refractivity contribution in [2.24, 2.45) is 0 Å². The molecule has 0 spiro atoms. The van der Waals surface area contributed by atoms with Gasteiger partial charge in [-0.05, 0) is 19.3 Å². The molecule has 0 radical (unpaired) electrons. The highest BCUT2D eigenvalue weighted by Gasteiger charge is 2.28. The number of nitrogens with one attached hydrogen (secondary N) is 2. The van der Waals surface area contributed by atoms with Gasteiger partial charge in [0.1, 0.15) is 11.3 Å². The van der Waals surface area contributed by atoms with Crippen LogP contribution in [0.3, 0.4) is 0 Å². The van der Waals surface area contributed by atoms with Gasteiger partial charge < -0.3 is 4.98 Å². The van der Waals surface area contributed by atoms with E-state index in [-0.39, 0.29) is 17.3 Å². The Balaban J connectivity index is 2.31. The first-order valence-corrected chi connectivity index (χ1v) is 5.94. The van der Waals surface area contributed by atoms with Crippen molar-refractivity contribution >= 4 is 11.2 Å². The number of aromatic amines is 2. The van der Waals surface area contributed by atoms with E-state index in [1.807, 2.05) is 6.92 Å². The second-order valence-electron chi connectivity index (χ2n) is 4.49. The van der Waals surface area contributed by atoms with E-state index in [1.54, 1.807) is 4.57 Å². The van der Waals surface area contributed by atoms with Crippen LogP contribution in [0.4, 0.5) is 0 Å².